The van der Waals surface area contributed by atoms with Crippen molar-refractivity contribution in [2.24, 2.45) is 7.05 Å². The van der Waals surface area contributed by atoms with E-state index in [1.165, 1.54) is 5.56 Å². The zero-order chi connectivity index (χ0) is 23.4. The van der Waals surface area contributed by atoms with Gasteiger partial charge in [-0.2, -0.15) is 0 Å². The fourth-order valence-electron chi connectivity index (χ4n) is 3.93. The third kappa shape index (κ3) is 4.94. The van der Waals surface area contributed by atoms with Crippen LogP contribution in [0.25, 0.3) is 5.69 Å². The minimum atomic E-state index is -0.0698. The van der Waals surface area contributed by atoms with E-state index in [4.69, 9.17) is 4.42 Å². The van der Waals surface area contributed by atoms with Gasteiger partial charge in [0, 0.05) is 25.8 Å². The second kappa shape index (κ2) is 9.94. The maximum absolute atomic E-state index is 13.1. The predicted molar refractivity (Wildman–Crippen MR) is 132 cm³/mol. The largest absolute Gasteiger partial charge is 0.468 e. The normalized spacial score (nSPS) is 12.3. The van der Waals surface area contributed by atoms with E-state index in [9.17, 15) is 4.79 Å². The predicted octanol–water partition coefficient (Wildman–Crippen LogP) is 4.21. The van der Waals surface area contributed by atoms with Gasteiger partial charge in [0.2, 0.25) is 0 Å². The molecule has 2 aromatic heterocycles. The summed E-state index contributed by atoms with van der Waals surface area (Å²) in [5.74, 6) is 0.950. The van der Waals surface area contributed by atoms with Crippen LogP contribution in [0.5, 0.6) is 0 Å². The summed E-state index contributed by atoms with van der Waals surface area (Å²) in [5, 5.41) is 6.82. The first kappa shape index (κ1) is 22.6. The highest BCUT2D eigenvalue weighted by molar-refractivity contribution is 5.62. The van der Waals surface area contributed by atoms with Gasteiger partial charge in [0.05, 0.1) is 23.7 Å². The zero-order valence-corrected chi connectivity index (χ0v) is 19.6. The molecule has 0 saturated heterocycles. The molecule has 33 heavy (non-hydrogen) atoms. The highest BCUT2D eigenvalue weighted by Crippen LogP contribution is 2.20. The number of hydrogen-bond donors (Lipinski definition) is 2. The average molecular weight is 446 g/mol. The van der Waals surface area contributed by atoms with Crippen molar-refractivity contribution in [3.05, 3.63) is 100 Å². The number of aromatic nitrogens is 2. The van der Waals surface area contributed by atoms with Crippen LogP contribution in [-0.2, 0) is 13.6 Å². The molecule has 7 nitrogen and oxygen atoms in total. The first-order chi connectivity index (χ1) is 16.0. The van der Waals surface area contributed by atoms with Gasteiger partial charge in [-0.05, 0) is 63.0 Å². The van der Waals surface area contributed by atoms with Crippen molar-refractivity contribution >= 4 is 11.4 Å². The monoisotopic (exact) mass is 445 g/mol. The molecule has 0 fully saturated rings. The lowest BCUT2D eigenvalue weighted by atomic mass is 10.1. The van der Waals surface area contributed by atoms with Crippen molar-refractivity contribution in [3.63, 3.8) is 0 Å². The van der Waals surface area contributed by atoms with Gasteiger partial charge in [-0.1, -0.05) is 30.3 Å². The Hall–Kier alpha value is -3.55. The Morgan fingerprint density at radius 3 is 2.36 bits per heavy atom. The SMILES string of the molecule is Cc1c(Nc2ccc(CNCC(c3ccco3)N(C)C)cc2)c(=O)n(-c2ccccc2)n1C. The maximum atomic E-state index is 13.1. The second-order valence-electron chi connectivity index (χ2n) is 8.38. The molecule has 172 valence electrons. The van der Waals surface area contributed by atoms with E-state index in [0.29, 0.717) is 5.69 Å². The number of furan rings is 1. The Bertz CT molecular complexity index is 1220. The van der Waals surface area contributed by atoms with Crippen LogP contribution in [0.3, 0.4) is 0 Å². The van der Waals surface area contributed by atoms with Crippen molar-refractivity contribution < 1.29 is 4.42 Å². The summed E-state index contributed by atoms with van der Waals surface area (Å²) in [4.78, 5) is 15.2. The molecule has 4 rings (SSSR count). The Labute approximate surface area is 194 Å². The molecule has 0 saturated carbocycles. The number of rotatable bonds is 9. The molecule has 4 aromatic rings. The summed E-state index contributed by atoms with van der Waals surface area (Å²) in [6.07, 6.45) is 1.71. The molecule has 0 aliphatic rings. The Balaban J connectivity index is 1.42. The highest BCUT2D eigenvalue weighted by atomic mass is 16.3. The second-order valence-corrected chi connectivity index (χ2v) is 8.38. The van der Waals surface area contributed by atoms with E-state index < -0.39 is 0 Å². The summed E-state index contributed by atoms with van der Waals surface area (Å²) in [6, 6.07) is 21.9. The molecule has 1 atom stereocenters. The van der Waals surface area contributed by atoms with Crippen LogP contribution in [0.4, 0.5) is 11.4 Å². The van der Waals surface area contributed by atoms with E-state index in [2.05, 4.69) is 27.7 Å². The minimum absolute atomic E-state index is 0.0698. The minimum Gasteiger partial charge on any atom is -0.468 e. The van der Waals surface area contributed by atoms with Crippen LogP contribution in [0.2, 0.25) is 0 Å². The van der Waals surface area contributed by atoms with Crippen LogP contribution in [-0.4, -0.2) is 34.9 Å². The molecule has 0 aliphatic heterocycles. The lowest BCUT2D eigenvalue weighted by Crippen LogP contribution is -2.30. The quantitative estimate of drug-likeness (QED) is 0.404. The Morgan fingerprint density at radius 2 is 1.73 bits per heavy atom. The number of likely N-dealkylation sites (N-methyl/N-ethyl adjacent to an activating group) is 1. The van der Waals surface area contributed by atoms with Crippen LogP contribution in [0.1, 0.15) is 23.1 Å². The lowest BCUT2D eigenvalue weighted by molar-refractivity contribution is 0.250. The fraction of sp³-hybridized carbons (Fsp3) is 0.269. The first-order valence-electron chi connectivity index (χ1n) is 11.1. The smallest absolute Gasteiger partial charge is 0.295 e. The maximum Gasteiger partial charge on any atom is 0.295 e. The number of para-hydroxylation sites is 1. The number of nitrogens with one attached hydrogen (secondary N) is 2. The molecule has 0 spiro atoms. The van der Waals surface area contributed by atoms with E-state index in [0.717, 1.165) is 35.9 Å². The van der Waals surface area contributed by atoms with Gasteiger partial charge >= 0.3 is 0 Å². The fourth-order valence-corrected chi connectivity index (χ4v) is 3.93. The van der Waals surface area contributed by atoms with Gasteiger partial charge in [-0.25, -0.2) is 4.68 Å². The lowest BCUT2D eigenvalue weighted by Gasteiger charge is -2.22. The number of nitrogens with zero attached hydrogens (tertiary/aromatic N) is 3. The topological polar surface area (TPSA) is 67.4 Å². The molecule has 2 aromatic carbocycles. The molecular weight excluding hydrogens is 414 g/mol. The Morgan fingerprint density at radius 1 is 1.00 bits per heavy atom. The highest BCUT2D eigenvalue weighted by Gasteiger charge is 2.17. The first-order valence-corrected chi connectivity index (χ1v) is 11.1. The molecule has 2 N–H and O–H groups in total. The van der Waals surface area contributed by atoms with Crippen LogP contribution < -0.4 is 16.2 Å². The summed E-state index contributed by atoms with van der Waals surface area (Å²) in [5.41, 5.74) is 4.28. The van der Waals surface area contributed by atoms with Gasteiger partial charge in [0.15, 0.2) is 0 Å². The molecule has 0 amide bonds. The molecule has 0 aliphatic carbocycles. The Kier molecular flexibility index (Phi) is 6.82. The van der Waals surface area contributed by atoms with Gasteiger partial charge < -0.3 is 15.1 Å². The van der Waals surface area contributed by atoms with Crippen molar-refractivity contribution in [1.29, 1.82) is 0 Å². The van der Waals surface area contributed by atoms with Crippen LogP contribution in [0.15, 0.2) is 82.2 Å². The van der Waals surface area contributed by atoms with Gasteiger partial charge in [0.1, 0.15) is 11.4 Å². The number of benzene rings is 2. The number of hydrogen-bond acceptors (Lipinski definition) is 5. The van der Waals surface area contributed by atoms with E-state index in [1.54, 1.807) is 10.9 Å². The molecular formula is C26H31N5O2. The van der Waals surface area contributed by atoms with Gasteiger partial charge in [-0.15, -0.1) is 0 Å². The molecule has 0 radical (unpaired) electrons. The third-order valence-electron chi connectivity index (χ3n) is 5.94. The van der Waals surface area contributed by atoms with Crippen molar-refractivity contribution in [2.45, 2.75) is 19.5 Å². The summed E-state index contributed by atoms with van der Waals surface area (Å²) in [7, 11) is 5.99. The number of anilines is 2. The van der Waals surface area contributed by atoms with Gasteiger partial charge in [-0.3, -0.25) is 14.4 Å². The standard InChI is InChI=1S/C26H31N5O2/c1-19-25(26(32)31(30(19)4)22-9-6-5-7-10-22)28-21-14-12-20(13-15-21)17-27-18-23(29(2)3)24-11-8-16-33-24/h5-16,23,27-28H,17-18H2,1-4H3. The summed E-state index contributed by atoms with van der Waals surface area (Å²) >= 11 is 0. The van der Waals surface area contributed by atoms with Gasteiger partial charge in [0.25, 0.3) is 5.56 Å². The molecule has 7 heteroatoms. The van der Waals surface area contributed by atoms with Crippen molar-refractivity contribution in [2.75, 3.05) is 26.0 Å². The molecule has 2 heterocycles. The van der Waals surface area contributed by atoms with Crippen molar-refractivity contribution in [1.82, 2.24) is 19.6 Å². The van der Waals surface area contributed by atoms with E-state index >= 15 is 0 Å². The zero-order valence-electron chi connectivity index (χ0n) is 19.6. The van der Waals surface area contributed by atoms with Crippen molar-refractivity contribution in [3.8, 4) is 5.69 Å². The van der Waals surface area contributed by atoms with E-state index in [-0.39, 0.29) is 11.6 Å². The molecule has 0 bridgehead atoms. The molecule has 1 unspecified atom stereocenters. The van der Waals surface area contributed by atoms with Crippen LogP contribution >= 0.6 is 0 Å². The van der Waals surface area contributed by atoms with Crippen LogP contribution in [0, 0.1) is 6.92 Å². The summed E-state index contributed by atoms with van der Waals surface area (Å²) < 4.78 is 9.12. The average Bonchev–Trinajstić information content (AvgIpc) is 3.41. The third-order valence-corrected chi connectivity index (χ3v) is 5.94. The summed E-state index contributed by atoms with van der Waals surface area (Å²) in [6.45, 7) is 3.47. The van der Waals surface area contributed by atoms with E-state index in [1.807, 2.05) is 87.3 Å².